The normalized spacial score (nSPS) is 13.5. The summed E-state index contributed by atoms with van der Waals surface area (Å²) in [5, 5.41) is 12.4. The van der Waals surface area contributed by atoms with Gasteiger partial charge in [-0.15, -0.1) is 0 Å². The van der Waals surface area contributed by atoms with Crippen LogP contribution in [0.4, 0.5) is 13.2 Å². The highest BCUT2D eigenvalue weighted by Crippen LogP contribution is 2.29. The summed E-state index contributed by atoms with van der Waals surface area (Å²) in [6.07, 6.45) is -4.48. The molecule has 1 N–H and O–H groups in total. The van der Waals surface area contributed by atoms with Gasteiger partial charge in [0.2, 0.25) is 0 Å². The second-order valence-corrected chi connectivity index (χ2v) is 6.53. The third kappa shape index (κ3) is 5.98. The number of nitrogens with one attached hydrogen (secondary N) is 1. The maximum Gasteiger partial charge on any atom is 0.416 e. The van der Waals surface area contributed by atoms with E-state index in [4.69, 9.17) is 16.3 Å². The smallest absolute Gasteiger partial charge is 0.373 e. The van der Waals surface area contributed by atoms with Gasteiger partial charge in [-0.3, -0.25) is 4.79 Å². The fraction of sp³-hybridized carbons (Fsp3) is 0.263. The molecule has 0 bridgehead atoms. The van der Waals surface area contributed by atoms with Crippen molar-refractivity contribution in [1.82, 2.24) is 5.32 Å². The lowest BCUT2D eigenvalue weighted by molar-refractivity contribution is -0.137. The third-order valence-electron chi connectivity index (χ3n) is 3.68. The molecule has 2 aromatic carbocycles. The van der Waals surface area contributed by atoms with Gasteiger partial charge in [0.05, 0.1) is 24.8 Å². The fourth-order valence-electron chi connectivity index (χ4n) is 2.18. The molecule has 0 spiro atoms. The van der Waals surface area contributed by atoms with Crippen LogP contribution in [-0.2, 0) is 17.5 Å². The number of ether oxygens (including phenoxy) is 1. The Kier molecular flexibility index (Phi) is 6.47. The molecule has 1 amide bonds. The Labute approximate surface area is 159 Å². The predicted octanol–water partition coefficient (Wildman–Crippen LogP) is 4.59. The number of nitriles is 1. The summed E-state index contributed by atoms with van der Waals surface area (Å²) in [6.45, 7) is 1.58. The van der Waals surface area contributed by atoms with Gasteiger partial charge in [0.25, 0.3) is 5.91 Å². The molecule has 2 aromatic rings. The van der Waals surface area contributed by atoms with E-state index in [1.165, 1.54) is 6.92 Å². The molecule has 0 aliphatic heterocycles. The van der Waals surface area contributed by atoms with E-state index in [1.807, 2.05) is 6.07 Å². The highest BCUT2D eigenvalue weighted by atomic mass is 35.5. The average Bonchev–Trinajstić information content (AvgIpc) is 2.63. The van der Waals surface area contributed by atoms with Crippen molar-refractivity contribution >= 4 is 17.5 Å². The topological polar surface area (TPSA) is 62.1 Å². The molecule has 0 saturated heterocycles. The van der Waals surface area contributed by atoms with E-state index < -0.39 is 23.2 Å². The minimum Gasteiger partial charge on any atom is -0.373 e. The van der Waals surface area contributed by atoms with Gasteiger partial charge < -0.3 is 10.1 Å². The molecule has 0 aliphatic rings. The van der Waals surface area contributed by atoms with E-state index in [0.717, 1.165) is 29.8 Å². The van der Waals surface area contributed by atoms with E-state index in [0.29, 0.717) is 5.02 Å². The Morgan fingerprint density at radius 1 is 1.15 bits per heavy atom. The van der Waals surface area contributed by atoms with Crippen LogP contribution in [0.2, 0.25) is 5.02 Å². The molecule has 27 heavy (non-hydrogen) atoms. The number of rotatable bonds is 6. The first-order chi connectivity index (χ1) is 12.6. The number of hydrogen-bond acceptors (Lipinski definition) is 3. The second-order valence-electron chi connectivity index (χ2n) is 6.09. The minimum absolute atomic E-state index is 0.0159. The lowest BCUT2D eigenvalue weighted by Gasteiger charge is -2.23. The van der Waals surface area contributed by atoms with Gasteiger partial charge in [-0.25, -0.2) is 0 Å². The number of alkyl halides is 3. The number of hydrogen-bond donors (Lipinski definition) is 1. The summed E-state index contributed by atoms with van der Waals surface area (Å²) in [6, 6.07) is 12.7. The molecule has 0 aromatic heterocycles. The maximum atomic E-state index is 12.6. The SMILES string of the molecule is CC(C#N)(COCc1ccc(Cl)cc1)NC(=O)c1ccc(C(F)(F)F)cc1. The average molecular weight is 397 g/mol. The van der Waals surface area contributed by atoms with Crippen LogP contribution in [0, 0.1) is 11.3 Å². The van der Waals surface area contributed by atoms with Gasteiger partial charge in [-0.1, -0.05) is 23.7 Å². The quantitative estimate of drug-likeness (QED) is 0.777. The molecule has 0 heterocycles. The van der Waals surface area contributed by atoms with E-state index >= 15 is 0 Å². The van der Waals surface area contributed by atoms with Gasteiger partial charge in [0.15, 0.2) is 0 Å². The Bertz CT molecular complexity index is 830. The number of halogens is 4. The van der Waals surface area contributed by atoms with Crippen molar-refractivity contribution in [2.75, 3.05) is 6.61 Å². The van der Waals surface area contributed by atoms with Gasteiger partial charge >= 0.3 is 6.18 Å². The lowest BCUT2D eigenvalue weighted by atomic mass is 10.0. The van der Waals surface area contributed by atoms with Crippen molar-refractivity contribution in [3.63, 3.8) is 0 Å². The van der Waals surface area contributed by atoms with Crippen LogP contribution in [0.25, 0.3) is 0 Å². The number of carbonyl (C=O) groups is 1. The molecule has 8 heteroatoms. The van der Waals surface area contributed by atoms with Crippen molar-refractivity contribution in [2.45, 2.75) is 25.2 Å². The molecular formula is C19H16ClF3N2O2. The molecule has 1 unspecified atom stereocenters. The predicted molar refractivity (Wildman–Crippen MR) is 94.0 cm³/mol. The summed E-state index contributed by atoms with van der Waals surface area (Å²) in [5.74, 6) is -0.664. The van der Waals surface area contributed by atoms with Gasteiger partial charge in [0.1, 0.15) is 5.54 Å². The number of amides is 1. The number of nitrogens with zero attached hydrogens (tertiary/aromatic N) is 1. The summed E-state index contributed by atoms with van der Waals surface area (Å²) < 4.78 is 43.2. The van der Waals surface area contributed by atoms with Crippen molar-refractivity contribution in [2.24, 2.45) is 0 Å². The van der Waals surface area contributed by atoms with Crippen LogP contribution >= 0.6 is 11.6 Å². The molecule has 142 valence electrons. The summed E-state index contributed by atoms with van der Waals surface area (Å²) in [7, 11) is 0. The van der Waals surface area contributed by atoms with E-state index in [9.17, 15) is 23.2 Å². The molecule has 0 aliphatic carbocycles. The van der Waals surface area contributed by atoms with E-state index in [2.05, 4.69) is 5.32 Å². The Balaban J connectivity index is 1.96. The van der Waals surface area contributed by atoms with Crippen molar-refractivity contribution in [3.8, 4) is 6.07 Å². The van der Waals surface area contributed by atoms with Crippen LogP contribution in [0.5, 0.6) is 0 Å². The minimum atomic E-state index is -4.48. The van der Waals surface area contributed by atoms with E-state index in [-0.39, 0.29) is 18.8 Å². The Morgan fingerprint density at radius 2 is 1.74 bits per heavy atom. The van der Waals surface area contributed by atoms with Gasteiger partial charge in [0, 0.05) is 10.6 Å². The first-order valence-corrected chi connectivity index (χ1v) is 8.24. The highest BCUT2D eigenvalue weighted by Gasteiger charge is 2.31. The standard InChI is InChI=1S/C19H16ClF3N2O2/c1-18(11-24,12-27-10-13-2-8-16(20)9-3-13)25-17(26)14-4-6-15(7-5-14)19(21,22)23/h2-9H,10,12H2,1H3,(H,25,26). The fourth-order valence-corrected chi connectivity index (χ4v) is 2.31. The molecule has 1 atom stereocenters. The molecule has 2 rings (SSSR count). The number of benzene rings is 2. The molecule has 4 nitrogen and oxygen atoms in total. The summed E-state index contributed by atoms with van der Waals surface area (Å²) in [4.78, 5) is 12.2. The van der Waals surface area contributed by atoms with Crippen LogP contribution in [0.15, 0.2) is 48.5 Å². The summed E-state index contributed by atoms with van der Waals surface area (Å²) in [5.41, 5.74) is -1.34. The Hall–Kier alpha value is -2.56. The van der Waals surface area contributed by atoms with Crippen LogP contribution in [0.3, 0.4) is 0 Å². The van der Waals surface area contributed by atoms with Crippen molar-refractivity contribution in [3.05, 3.63) is 70.2 Å². The van der Waals surface area contributed by atoms with Crippen LogP contribution in [0.1, 0.15) is 28.4 Å². The largest absolute Gasteiger partial charge is 0.416 e. The van der Waals surface area contributed by atoms with Crippen molar-refractivity contribution in [1.29, 1.82) is 5.26 Å². The monoisotopic (exact) mass is 396 g/mol. The first kappa shape index (κ1) is 20.7. The molecular weight excluding hydrogens is 381 g/mol. The second kappa shape index (κ2) is 8.42. The lowest BCUT2D eigenvalue weighted by Crippen LogP contribution is -2.48. The van der Waals surface area contributed by atoms with Gasteiger partial charge in [-0.05, 0) is 48.9 Å². The highest BCUT2D eigenvalue weighted by molar-refractivity contribution is 6.30. The zero-order valence-electron chi connectivity index (χ0n) is 14.3. The summed E-state index contributed by atoms with van der Waals surface area (Å²) >= 11 is 5.80. The zero-order valence-corrected chi connectivity index (χ0v) is 15.1. The van der Waals surface area contributed by atoms with Gasteiger partial charge in [-0.2, -0.15) is 18.4 Å². The zero-order chi connectivity index (χ0) is 20.1. The van der Waals surface area contributed by atoms with Crippen LogP contribution in [-0.4, -0.2) is 18.1 Å². The molecule has 0 fully saturated rings. The maximum absolute atomic E-state index is 12.6. The Morgan fingerprint density at radius 3 is 2.26 bits per heavy atom. The third-order valence-corrected chi connectivity index (χ3v) is 3.94. The first-order valence-electron chi connectivity index (χ1n) is 7.86. The van der Waals surface area contributed by atoms with Crippen LogP contribution < -0.4 is 5.32 Å². The molecule has 0 saturated carbocycles. The number of carbonyl (C=O) groups excluding carboxylic acids is 1. The van der Waals surface area contributed by atoms with Crippen molar-refractivity contribution < 1.29 is 22.7 Å². The van der Waals surface area contributed by atoms with E-state index in [1.54, 1.807) is 24.3 Å². The molecule has 0 radical (unpaired) electrons.